The molecule has 0 saturated heterocycles. The van der Waals surface area contributed by atoms with E-state index in [-0.39, 0.29) is 18.6 Å². The van der Waals surface area contributed by atoms with Crippen molar-refractivity contribution in [2.24, 2.45) is 5.92 Å². The number of rotatable bonds is 7. The minimum absolute atomic E-state index is 0.0296. The summed E-state index contributed by atoms with van der Waals surface area (Å²) in [7, 11) is 0. The fourth-order valence-electron chi connectivity index (χ4n) is 2.17. The van der Waals surface area contributed by atoms with Crippen molar-refractivity contribution in [1.82, 2.24) is 5.32 Å². The smallest absolute Gasteiger partial charge is 0.251 e. The molecule has 20 heavy (non-hydrogen) atoms. The highest BCUT2D eigenvalue weighted by atomic mass is 16.3. The number of aliphatic hydroxyl groups is 1. The first-order valence-electron chi connectivity index (χ1n) is 7.25. The summed E-state index contributed by atoms with van der Waals surface area (Å²) in [6, 6.07) is 9.44. The van der Waals surface area contributed by atoms with Crippen molar-refractivity contribution in [3.8, 4) is 0 Å². The van der Waals surface area contributed by atoms with Crippen LogP contribution in [0.5, 0.6) is 0 Å². The maximum atomic E-state index is 12.4. The first-order valence-corrected chi connectivity index (χ1v) is 7.25. The molecule has 0 spiro atoms. The summed E-state index contributed by atoms with van der Waals surface area (Å²) in [6.07, 6.45) is 3.50. The van der Waals surface area contributed by atoms with E-state index in [1.807, 2.05) is 43.3 Å². The lowest BCUT2D eigenvalue weighted by atomic mass is 10.0. The van der Waals surface area contributed by atoms with Crippen molar-refractivity contribution in [2.45, 2.75) is 39.7 Å². The van der Waals surface area contributed by atoms with Gasteiger partial charge in [0, 0.05) is 5.57 Å². The quantitative estimate of drug-likeness (QED) is 0.752. The first kappa shape index (κ1) is 16.4. The van der Waals surface area contributed by atoms with Gasteiger partial charge >= 0.3 is 0 Å². The molecule has 3 heteroatoms. The Morgan fingerprint density at radius 1 is 1.30 bits per heavy atom. The van der Waals surface area contributed by atoms with E-state index in [2.05, 4.69) is 19.2 Å². The van der Waals surface area contributed by atoms with Crippen molar-refractivity contribution in [2.75, 3.05) is 6.61 Å². The van der Waals surface area contributed by atoms with E-state index < -0.39 is 0 Å². The van der Waals surface area contributed by atoms with Gasteiger partial charge in [0.15, 0.2) is 0 Å². The van der Waals surface area contributed by atoms with E-state index in [0.717, 1.165) is 18.4 Å². The number of benzene rings is 1. The molecular weight excluding hydrogens is 250 g/mol. The minimum atomic E-state index is -0.188. The molecule has 1 aromatic carbocycles. The molecule has 0 fully saturated rings. The molecule has 2 N–H and O–H groups in total. The average molecular weight is 275 g/mol. The van der Waals surface area contributed by atoms with Crippen LogP contribution in [-0.2, 0) is 4.79 Å². The Labute approximate surface area is 121 Å². The number of amides is 1. The molecule has 1 amide bonds. The third-order valence-corrected chi connectivity index (χ3v) is 3.05. The van der Waals surface area contributed by atoms with E-state index in [4.69, 9.17) is 0 Å². The summed E-state index contributed by atoms with van der Waals surface area (Å²) in [6.45, 7) is 6.13. The monoisotopic (exact) mass is 275 g/mol. The SMILES string of the molecule is CCC=C(C(=O)N[C@H](CO)CC(C)C)c1ccccc1. The topological polar surface area (TPSA) is 49.3 Å². The van der Waals surface area contributed by atoms with Crippen molar-refractivity contribution < 1.29 is 9.90 Å². The molecule has 0 aromatic heterocycles. The third-order valence-electron chi connectivity index (χ3n) is 3.05. The van der Waals surface area contributed by atoms with Crippen LogP contribution in [0.1, 0.15) is 39.2 Å². The molecule has 1 atom stereocenters. The van der Waals surface area contributed by atoms with E-state index in [1.54, 1.807) is 0 Å². The van der Waals surface area contributed by atoms with E-state index in [0.29, 0.717) is 11.5 Å². The standard InChI is InChI=1S/C17H25NO2/c1-4-8-16(14-9-6-5-7-10-14)17(20)18-15(12-19)11-13(2)3/h5-10,13,15,19H,4,11-12H2,1-3H3,(H,18,20)/t15-/m0/s1. The van der Waals surface area contributed by atoms with Crippen LogP contribution >= 0.6 is 0 Å². The van der Waals surface area contributed by atoms with Crippen molar-refractivity contribution in [3.05, 3.63) is 42.0 Å². The van der Waals surface area contributed by atoms with Gasteiger partial charge in [-0.2, -0.15) is 0 Å². The molecule has 1 aromatic rings. The van der Waals surface area contributed by atoms with Crippen LogP contribution in [0.2, 0.25) is 0 Å². The molecule has 1 rings (SSSR count). The number of hydrogen-bond donors (Lipinski definition) is 2. The Morgan fingerprint density at radius 2 is 1.95 bits per heavy atom. The zero-order valence-corrected chi connectivity index (χ0v) is 12.6. The number of nitrogens with one attached hydrogen (secondary N) is 1. The van der Waals surface area contributed by atoms with Gasteiger partial charge in [0.2, 0.25) is 0 Å². The van der Waals surface area contributed by atoms with Gasteiger partial charge < -0.3 is 10.4 Å². The Balaban J connectivity index is 2.83. The predicted molar refractivity (Wildman–Crippen MR) is 83.2 cm³/mol. The average Bonchev–Trinajstić information content (AvgIpc) is 2.44. The zero-order valence-electron chi connectivity index (χ0n) is 12.6. The van der Waals surface area contributed by atoms with Crippen LogP contribution < -0.4 is 5.32 Å². The van der Waals surface area contributed by atoms with Crippen molar-refractivity contribution in [3.63, 3.8) is 0 Å². The van der Waals surface area contributed by atoms with Gasteiger partial charge in [-0.3, -0.25) is 4.79 Å². The first-order chi connectivity index (χ1) is 9.58. The Bertz CT molecular complexity index is 438. The van der Waals surface area contributed by atoms with Crippen LogP contribution in [0.25, 0.3) is 5.57 Å². The summed E-state index contributed by atoms with van der Waals surface area (Å²) >= 11 is 0. The largest absolute Gasteiger partial charge is 0.394 e. The molecular formula is C17H25NO2. The molecule has 0 aliphatic carbocycles. The van der Waals surface area contributed by atoms with E-state index in [1.165, 1.54) is 0 Å². The summed E-state index contributed by atoms with van der Waals surface area (Å²) in [4.78, 5) is 12.4. The summed E-state index contributed by atoms with van der Waals surface area (Å²) < 4.78 is 0. The van der Waals surface area contributed by atoms with Gasteiger partial charge in [-0.1, -0.05) is 57.2 Å². The number of carbonyl (C=O) groups excluding carboxylic acids is 1. The molecule has 3 nitrogen and oxygen atoms in total. The molecule has 110 valence electrons. The maximum Gasteiger partial charge on any atom is 0.251 e. The highest BCUT2D eigenvalue weighted by molar-refractivity contribution is 6.19. The maximum absolute atomic E-state index is 12.4. The second-order valence-corrected chi connectivity index (χ2v) is 5.37. The Morgan fingerprint density at radius 3 is 2.45 bits per heavy atom. The van der Waals surface area contributed by atoms with Crippen LogP contribution in [0.4, 0.5) is 0 Å². The van der Waals surface area contributed by atoms with Gasteiger partial charge in [0.1, 0.15) is 0 Å². The van der Waals surface area contributed by atoms with E-state index >= 15 is 0 Å². The second-order valence-electron chi connectivity index (χ2n) is 5.37. The number of aliphatic hydroxyl groups excluding tert-OH is 1. The third kappa shape index (κ3) is 5.17. The number of allylic oxidation sites excluding steroid dienone is 1. The summed E-state index contributed by atoms with van der Waals surface area (Å²) in [5, 5.41) is 12.3. The predicted octanol–water partition coefficient (Wildman–Crippen LogP) is 3.00. The fourth-order valence-corrected chi connectivity index (χ4v) is 2.17. The highest BCUT2D eigenvalue weighted by Crippen LogP contribution is 2.16. The normalized spacial score (nSPS) is 13.3. The molecule has 0 saturated carbocycles. The molecule has 0 heterocycles. The van der Waals surface area contributed by atoms with Crippen LogP contribution in [0, 0.1) is 5.92 Å². The van der Waals surface area contributed by atoms with Crippen molar-refractivity contribution >= 4 is 11.5 Å². The van der Waals surface area contributed by atoms with Gasteiger partial charge in [-0.25, -0.2) is 0 Å². The zero-order chi connectivity index (χ0) is 15.0. The lowest BCUT2D eigenvalue weighted by Crippen LogP contribution is -2.38. The highest BCUT2D eigenvalue weighted by Gasteiger charge is 2.17. The van der Waals surface area contributed by atoms with Crippen molar-refractivity contribution in [1.29, 1.82) is 0 Å². The molecule has 0 aliphatic rings. The van der Waals surface area contributed by atoms with E-state index in [9.17, 15) is 9.90 Å². The summed E-state index contributed by atoms with van der Waals surface area (Å²) in [5.74, 6) is 0.320. The fraction of sp³-hybridized carbons (Fsp3) is 0.471. The van der Waals surface area contributed by atoms with Gasteiger partial charge in [-0.05, 0) is 24.3 Å². The molecule has 0 radical (unpaired) electrons. The van der Waals surface area contributed by atoms with Gasteiger partial charge in [0.05, 0.1) is 12.6 Å². The summed E-state index contributed by atoms with van der Waals surface area (Å²) in [5.41, 5.74) is 1.59. The molecule has 0 bridgehead atoms. The lowest BCUT2D eigenvalue weighted by molar-refractivity contribution is -0.116. The Kier molecular flexibility index (Phi) is 7.02. The number of carbonyl (C=O) groups is 1. The molecule has 0 unspecified atom stereocenters. The van der Waals surface area contributed by atoms with Gasteiger partial charge in [-0.15, -0.1) is 0 Å². The van der Waals surface area contributed by atoms with Crippen LogP contribution in [0.15, 0.2) is 36.4 Å². The van der Waals surface area contributed by atoms with Crippen LogP contribution in [-0.4, -0.2) is 23.7 Å². The second kappa shape index (κ2) is 8.54. The number of hydrogen-bond acceptors (Lipinski definition) is 2. The van der Waals surface area contributed by atoms with Gasteiger partial charge in [0.25, 0.3) is 5.91 Å². The Hall–Kier alpha value is -1.61. The lowest BCUT2D eigenvalue weighted by Gasteiger charge is -2.19. The minimum Gasteiger partial charge on any atom is -0.394 e. The van der Waals surface area contributed by atoms with Crippen LogP contribution in [0.3, 0.4) is 0 Å². The molecule has 0 aliphatic heterocycles.